The zero-order chi connectivity index (χ0) is 19.1. The number of aliphatic carboxylic acids is 1. The lowest BCUT2D eigenvalue weighted by Crippen LogP contribution is -2.44. The highest BCUT2D eigenvalue weighted by molar-refractivity contribution is 6.32. The molecular formula is C19H20ClNO5. The number of carboxylic acids is 1. The minimum atomic E-state index is -1.15. The lowest BCUT2D eigenvalue weighted by Gasteiger charge is -2.20. The van der Waals surface area contributed by atoms with Gasteiger partial charge in [-0.05, 0) is 23.3 Å². The average Bonchev–Trinajstić information content (AvgIpc) is 2.63. The summed E-state index contributed by atoms with van der Waals surface area (Å²) in [7, 11) is 2.89. The number of carboxylic acid groups (broad SMARTS) is 1. The van der Waals surface area contributed by atoms with Crippen LogP contribution in [0.3, 0.4) is 0 Å². The minimum absolute atomic E-state index is 0.0794. The van der Waals surface area contributed by atoms with Gasteiger partial charge in [0.1, 0.15) is 11.8 Å². The molecule has 2 atom stereocenters. The molecule has 0 radical (unpaired) electrons. The van der Waals surface area contributed by atoms with E-state index in [0.29, 0.717) is 21.9 Å². The van der Waals surface area contributed by atoms with E-state index in [9.17, 15) is 14.7 Å². The lowest BCUT2D eigenvalue weighted by molar-refractivity contribution is -0.144. The van der Waals surface area contributed by atoms with Crippen molar-refractivity contribution in [2.24, 2.45) is 0 Å². The molecule has 0 fully saturated rings. The fraction of sp³-hybridized carbons (Fsp3) is 0.263. The highest BCUT2D eigenvalue weighted by atomic mass is 35.5. The normalized spacial score (nSPS) is 12.9. The van der Waals surface area contributed by atoms with E-state index in [1.165, 1.54) is 14.2 Å². The van der Waals surface area contributed by atoms with Gasteiger partial charge in [-0.25, -0.2) is 4.79 Å². The number of amides is 1. The molecule has 0 saturated carbocycles. The van der Waals surface area contributed by atoms with Gasteiger partial charge in [-0.2, -0.15) is 0 Å². The summed E-state index contributed by atoms with van der Waals surface area (Å²) in [6.45, 7) is 0. The van der Waals surface area contributed by atoms with Crippen molar-refractivity contribution in [1.29, 1.82) is 0 Å². The van der Waals surface area contributed by atoms with Gasteiger partial charge < -0.3 is 19.9 Å². The van der Waals surface area contributed by atoms with Crippen LogP contribution in [-0.4, -0.2) is 37.2 Å². The number of nitrogens with one attached hydrogen (secondary N) is 1. The van der Waals surface area contributed by atoms with Crippen molar-refractivity contribution >= 4 is 23.5 Å². The van der Waals surface area contributed by atoms with E-state index in [0.717, 1.165) is 0 Å². The summed E-state index contributed by atoms with van der Waals surface area (Å²) >= 11 is 6.07. The number of ether oxygens (including phenoxy) is 2. The molecule has 2 aromatic rings. The van der Waals surface area contributed by atoms with Gasteiger partial charge in [0.2, 0.25) is 0 Å². The first-order valence-electron chi connectivity index (χ1n) is 7.89. The van der Waals surface area contributed by atoms with Crippen molar-refractivity contribution in [3.8, 4) is 5.75 Å². The smallest absolute Gasteiger partial charge is 0.326 e. The van der Waals surface area contributed by atoms with Crippen molar-refractivity contribution in [3.05, 3.63) is 64.7 Å². The van der Waals surface area contributed by atoms with Crippen LogP contribution >= 0.6 is 11.6 Å². The van der Waals surface area contributed by atoms with Gasteiger partial charge in [-0.3, -0.25) is 4.79 Å². The summed E-state index contributed by atoms with van der Waals surface area (Å²) < 4.78 is 10.3. The Balaban J connectivity index is 2.13. The van der Waals surface area contributed by atoms with Crippen LogP contribution in [0.5, 0.6) is 5.75 Å². The molecule has 6 nitrogen and oxygen atoms in total. The molecule has 0 aromatic heterocycles. The summed E-state index contributed by atoms with van der Waals surface area (Å²) in [5.74, 6) is -1.17. The number of rotatable bonds is 8. The van der Waals surface area contributed by atoms with Crippen LogP contribution < -0.4 is 10.1 Å². The van der Waals surface area contributed by atoms with Crippen LogP contribution in [0.15, 0.2) is 48.5 Å². The van der Waals surface area contributed by atoms with Crippen molar-refractivity contribution in [2.45, 2.75) is 18.6 Å². The molecule has 2 N–H and O–H groups in total. The van der Waals surface area contributed by atoms with E-state index in [1.807, 2.05) is 6.07 Å². The van der Waals surface area contributed by atoms with Gasteiger partial charge in [-0.1, -0.05) is 48.0 Å². The first-order chi connectivity index (χ1) is 12.5. The third-order valence-corrected chi connectivity index (χ3v) is 4.14. The van der Waals surface area contributed by atoms with Crippen molar-refractivity contribution in [2.75, 3.05) is 14.2 Å². The van der Waals surface area contributed by atoms with E-state index in [1.54, 1.807) is 42.5 Å². The Morgan fingerprint density at radius 1 is 1.15 bits per heavy atom. The number of carbonyl (C=O) groups excluding carboxylic acids is 1. The maximum absolute atomic E-state index is 12.5. The molecule has 0 aliphatic heterocycles. The largest absolute Gasteiger partial charge is 0.495 e. The van der Waals surface area contributed by atoms with Gasteiger partial charge in [-0.15, -0.1) is 0 Å². The van der Waals surface area contributed by atoms with E-state index >= 15 is 0 Å². The highest BCUT2D eigenvalue weighted by Gasteiger charge is 2.26. The molecule has 0 heterocycles. The molecule has 0 unspecified atom stereocenters. The third kappa shape index (κ3) is 4.97. The van der Waals surface area contributed by atoms with E-state index < -0.39 is 24.0 Å². The molecule has 0 aliphatic rings. The molecule has 138 valence electrons. The summed E-state index contributed by atoms with van der Waals surface area (Å²) in [5, 5.41) is 12.4. The van der Waals surface area contributed by atoms with Crippen LogP contribution in [0.25, 0.3) is 0 Å². The molecule has 0 saturated heterocycles. The van der Waals surface area contributed by atoms with E-state index in [2.05, 4.69) is 5.32 Å². The molecule has 1 amide bonds. The van der Waals surface area contributed by atoms with E-state index in [4.69, 9.17) is 21.1 Å². The first kappa shape index (κ1) is 19.8. The number of hydrogen-bond donors (Lipinski definition) is 2. The van der Waals surface area contributed by atoms with Gasteiger partial charge in [0, 0.05) is 13.5 Å². The molecule has 0 bridgehead atoms. The second-order valence-electron chi connectivity index (χ2n) is 5.60. The Morgan fingerprint density at radius 2 is 1.85 bits per heavy atom. The number of benzene rings is 2. The van der Waals surface area contributed by atoms with Crippen LogP contribution in [-0.2, 0) is 20.7 Å². The molecule has 0 spiro atoms. The summed E-state index contributed by atoms with van der Waals surface area (Å²) in [5.41, 5.74) is 1.31. The Kier molecular flexibility index (Phi) is 7.00. The van der Waals surface area contributed by atoms with Crippen molar-refractivity contribution in [3.63, 3.8) is 0 Å². The Bertz CT molecular complexity index is 766. The molecule has 2 aromatic carbocycles. The van der Waals surface area contributed by atoms with Gasteiger partial charge >= 0.3 is 5.97 Å². The third-order valence-electron chi connectivity index (χ3n) is 3.85. The maximum atomic E-state index is 12.5. The molecule has 2 rings (SSSR count). The summed E-state index contributed by atoms with van der Waals surface area (Å²) in [6.07, 6.45) is -0.812. The fourth-order valence-electron chi connectivity index (χ4n) is 2.54. The molecular weight excluding hydrogens is 358 g/mol. The van der Waals surface area contributed by atoms with Crippen molar-refractivity contribution < 1.29 is 24.2 Å². The van der Waals surface area contributed by atoms with Crippen LogP contribution in [0.1, 0.15) is 17.2 Å². The number of carbonyl (C=O) groups is 2. The number of halogens is 1. The Labute approximate surface area is 156 Å². The maximum Gasteiger partial charge on any atom is 0.326 e. The molecule has 7 heteroatoms. The standard InChI is InChI=1S/C19H20ClNO5/c1-25-16-9-8-12(10-14(16)20)11-15(19(23)24)21-18(22)17(26-2)13-6-4-3-5-7-13/h3-10,15,17H,11H2,1-2H3,(H,21,22)(H,23,24)/t15-,17+/m1/s1. The zero-order valence-corrected chi connectivity index (χ0v) is 15.2. The summed E-state index contributed by atoms with van der Waals surface area (Å²) in [6, 6.07) is 12.7. The quantitative estimate of drug-likeness (QED) is 0.739. The Hall–Kier alpha value is -2.57. The van der Waals surface area contributed by atoms with Crippen LogP contribution in [0.4, 0.5) is 0 Å². The predicted molar refractivity (Wildman–Crippen MR) is 97.5 cm³/mol. The van der Waals surface area contributed by atoms with Crippen molar-refractivity contribution in [1.82, 2.24) is 5.32 Å². The second kappa shape index (κ2) is 9.22. The highest BCUT2D eigenvalue weighted by Crippen LogP contribution is 2.25. The monoisotopic (exact) mass is 377 g/mol. The number of methoxy groups -OCH3 is 2. The fourth-order valence-corrected chi connectivity index (χ4v) is 2.82. The summed E-state index contributed by atoms with van der Waals surface area (Å²) in [4.78, 5) is 24.1. The number of hydrogen-bond acceptors (Lipinski definition) is 4. The second-order valence-corrected chi connectivity index (χ2v) is 6.01. The zero-order valence-electron chi connectivity index (χ0n) is 14.4. The van der Waals surface area contributed by atoms with Gasteiger partial charge in [0.25, 0.3) is 5.91 Å². The topological polar surface area (TPSA) is 84.9 Å². The SMILES string of the molecule is COc1ccc(C[C@@H](NC(=O)[C@@H](OC)c2ccccc2)C(=O)O)cc1Cl. The minimum Gasteiger partial charge on any atom is -0.495 e. The van der Waals surface area contributed by atoms with Crippen LogP contribution in [0, 0.1) is 0 Å². The average molecular weight is 378 g/mol. The van der Waals surface area contributed by atoms with Gasteiger partial charge in [0.05, 0.1) is 12.1 Å². The lowest BCUT2D eigenvalue weighted by atomic mass is 10.0. The van der Waals surface area contributed by atoms with Crippen LogP contribution in [0.2, 0.25) is 5.02 Å². The Morgan fingerprint density at radius 3 is 2.38 bits per heavy atom. The molecule has 26 heavy (non-hydrogen) atoms. The predicted octanol–water partition coefficient (Wildman–Crippen LogP) is 2.85. The van der Waals surface area contributed by atoms with E-state index in [-0.39, 0.29) is 6.42 Å². The molecule has 0 aliphatic carbocycles. The first-order valence-corrected chi connectivity index (χ1v) is 8.27. The van der Waals surface area contributed by atoms with Gasteiger partial charge in [0.15, 0.2) is 6.10 Å².